The third-order valence-corrected chi connectivity index (χ3v) is 4.90. The van der Waals surface area contributed by atoms with Crippen molar-refractivity contribution in [2.45, 2.75) is 38.6 Å². The zero-order valence-electron chi connectivity index (χ0n) is 13.0. The number of hydrogen-bond donors (Lipinski definition) is 2. The highest BCUT2D eigenvalue weighted by atomic mass is 79.9. The van der Waals surface area contributed by atoms with Crippen LogP contribution in [0.5, 0.6) is 0 Å². The Morgan fingerprint density at radius 1 is 1.22 bits per heavy atom. The number of amides is 1. The first-order valence-electron chi connectivity index (χ1n) is 7.78. The van der Waals surface area contributed by atoms with E-state index >= 15 is 0 Å². The number of carbonyl (C=O) groups is 1. The van der Waals surface area contributed by atoms with Crippen molar-refractivity contribution in [2.24, 2.45) is 0 Å². The van der Waals surface area contributed by atoms with Gasteiger partial charge in [0.05, 0.1) is 12.4 Å². The smallest absolute Gasteiger partial charge is 0.275 e. The Hall–Kier alpha value is -1.95. The molecule has 1 aromatic heterocycles. The number of halogens is 1. The molecule has 3 rings (SSSR count). The van der Waals surface area contributed by atoms with Gasteiger partial charge < -0.3 is 10.6 Å². The molecular formula is C17H19BrN4O. The Bertz CT molecular complexity index is 696. The fourth-order valence-electron chi connectivity index (χ4n) is 2.72. The van der Waals surface area contributed by atoms with Gasteiger partial charge in [-0.15, -0.1) is 0 Å². The molecule has 0 unspecified atom stereocenters. The van der Waals surface area contributed by atoms with Gasteiger partial charge in [-0.2, -0.15) is 0 Å². The molecule has 1 saturated carbocycles. The van der Waals surface area contributed by atoms with Crippen molar-refractivity contribution in [3.63, 3.8) is 0 Å². The van der Waals surface area contributed by atoms with Crippen LogP contribution in [0.2, 0.25) is 0 Å². The molecule has 2 N–H and O–H groups in total. The van der Waals surface area contributed by atoms with Crippen LogP contribution in [0.25, 0.3) is 0 Å². The summed E-state index contributed by atoms with van der Waals surface area (Å²) in [5.74, 6) is 0.472. The monoisotopic (exact) mass is 374 g/mol. The van der Waals surface area contributed by atoms with Gasteiger partial charge in [-0.05, 0) is 43.5 Å². The second kappa shape index (κ2) is 7.08. The number of aryl methyl sites for hydroxylation is 1. The minimum Gasteiger partial charge on any atom is -0.366 e. The third-order valence-electron chi connectivity index (χ3n) is 4.01. The number of carbonyl (C=O) groups excluding carboxylic acids is 1. The van der Waals surface area contributed by atoms with E-state index in [-0.39, 0.29) is 5.91 Å². The molecule has 23 heavy (non-hydrogen) atoms. The van der Waals surface area contributed by atoms with Gasteiger partial charge in [0.2, 0.25) is 0 Å². The number of rotatable bonds is 4. The SMILES string of the molecule is Cc1cc(NC(=O)c2cnc(NC3CCCC3)cn2)ccc1Br. The molecule has 1 fully saturated rings. The molecule has 1 aliphatic rings. The average Bonchev–Trinajstić information content (AvgIpc) is 3.04. The quantitative estimate of drug-likeness (QED) is 0.843. The number of anilines is 2. The third kappa shape index (κ3) is 4.07. The topological polar surface area (TPSA) is 66.9 Å². The highest BCUT2D eigenvalue weighted by Crippen LogP contribution is 2.22. The van der Waals surface area contributed by atoms with E-state index in [9.17, 15) is 4.79 Å². The molecule has 120 valence electrons. The number of nitrogens with zero attached hydrogens (tertiary/aromatic N) is 2. The van der Waals surface area contributed by atoms with Crippen molar-refractivity contribution in [2.75, 3.05) is 10.6 Å². The van der Waals surface area contributed by atoms with Crippen molar-refractivity contribution in [1.29, 1.82) is 0 Å². The van der Waals surface area contributed by atoms with Gasteiger partial charge in [0.15, 0.2) is 0 Å². The maximum absolute atomic E-state index is 12.2. The van der Waals surface area contributed by atoms with Crippen LogP contribution in [0.3, 0.4) is 0 Å². The second-order valence-electron chi connectivity index (χ2n) is 5.83. The summed E-state index contributed by atoms with van der Waals surface area (Å²) < 4.78 is 1.01. The molecule has 1 amide bonds. The molecule has 1 heterocycles. The molecule has 5 nitrogen and oxygen atoms in total. The molecule has 0 aliphatic heterocycles. The molecule has 2 aromatic rings. The van der Waals surface area contributed by atoms with Crippen molar-refractivity contribution in [3.8, 4) is 0 Å². The summed E-state index contributed by atoms with van der Waals surface area (Å²) in [5.41, 5.74) is 2.11. The van der Waals surface area contributed by atoms with Crippen molar-refractivity contribution in [3.05, 3.63) is 46.3 Å². The molecular weight excluding hydrogens is 356 g/mol. The summed E-state index contributed by atoms with van der Waals surface area (Å²) >= 11 is 3.44. The molecule has 0 spiro atoms. The van der Waals surface area contributed by atoms with Crippen molar-refractivity contribution >= 4 is 33.3 Å². The lowest BCUT2D eigenvalue weighted by Crippen LogP contribution is -2.17. The summed E-state index contributed by atoms with van der Waals surface area (Å²) in [4.78, 5) is 20.7. The van der Waals surface area contributed by atoms with E-state index in [0.717, 1.165) is 21.5 Å². The Balaban J connectivity index is 1.63. The van der Waals surface area contributed by atoms with E-state index in [0.29, 0.717) is 11.7 Å². The maximum atomic E-state index is 12.2. The lowest BCUT2D eigenvalue weighted by Gasteiger charge is -2.12. The van der Waals surface area contributed by atoms with Gasteiger partial charge in [0.1, 0.15) is 11.5 Å². The number of hydrogen-bond acceptors (Lipinski definition) is 4. The summed E-state index contributed by atoms with van der Waals surface area (Å²) in [7, 11) is 0. The molecule has 1 aromatic carbocycles. The van der Waals surface area contributed by atoms with Gasteiger partial charge in [0, 0.05) is 16.2 Å². The average molecular weight is 375 g/mol. The zero-order valence-corrected chi connectivity index (χ0v) is 14.6. The molecule has 0 atom stereocenters. The standard InChI is InChI=1S/C17H19BrN4O/c1-11-8-13(6-7-14(11)18)22-17(23)15-9-20-16(10-19-15)21-12-4-2-3-5-12/h6-10,12H,2-5H2,1H3,(H,20,21)(H,22,23). The minimum atomic E-state index is -0.258. The second-order valence-corrected chi connectivity index (χ2v) is 6.69. The Morgan fingerprint density at radius 3 is 2.65 bits per heavy atom. The van der Waals surface area contributed by atoms with Crippen molar-refractivity contribution in [1.82, 2.24) is 9.97 Å². The highest BCUT2D eigenvalue weighted by Gasteiger charge is 2.15. The number of aromatic nitrogens is 2. The van der Waals surface area contributed by atoms with Crippen LogP contribution in [0, 0.1) is 6.92 Å². The van der Waals surface area contributed by atoms with Crippen molar-refractivity contribution < 1.29 is 4.79 Å². The molecule has 1 aliphatic carbocycles. The van der Waals surface area contributed by atoms with Gasteiger partial charge in [-0.25, -0.2) is 9.97 Å². The number of benzene rings is 1. The lowest BCUT2D eigenvalue weighted by molar-refractivity contribution is 0.102. The predicted molar refractivity (Wildman–Crippen MR) is 94.7 cm³/mol. The van der Waals surface area contributed by atoms with Crippen LogP contribution in [0.4, 0.5) is 11.5 Å². The largest absolute Gasteiger partial charge is 0.366 e. The zero-order chi connectivity index (χ0) is 16.2. The van der Waals surface area contributed by atoms with E-state index in [1.165, 1.54) is 31.9 Å². The van der Waals surface area contributed by atoms with Gasteiger partial charge in [-0.1, -0.05) is 28.8 Å². The van der Waals surface area contributed by atoms with Crippen LogP contribution in [0.1, 0.15) is 41.7 Å². The summed E-state index contributed by atoms with van der Waals surface area (Å²) in [5, 5.41) is 6.20. The van der Waals surface area contributed by atoms with Gasteiger partial charge in [0.25, 0.3) is 5.91 Å². The van der Waals surface area contributed by atoms with Crippen LogP contribution < -0.4 is 10.6 Å². The molecule has 0 saturated heterocycles. The van der Waals surface area contributed by atoms with Crippen LogP contribution in [-0.4, -0.2) is 21.9 Å². The lowest BCUT2D eigenvalue weighted by atomic mass is 10.2. The Morgan fingerprint density at radius 2 is 2.00 bits per heavy atom. The van der Waals surface area contributed by atoms with E-state index in [2.05, 4.69) is 36.5 Å². The Labute approximate surface area is 144 Å². The van der Waals surface area contributed by atoms with Crippen LogP contribution in [-0.2, 0) is 0 Å². The fourth-order valence-corrected chi connectivity index (χ4v) is 2.96. The van der Waals surface area contributed by atoms with E-state index in [4.69, 9.17) is 0 Å². The van der Waals surface area contributed by atoms with Gasteiger partial charge >= 0.3 is 0 Å². The molecule has 6 heteroatoms. The highest BCUT2D eigenvalue weighted by molar-refractivity contribution is 9.10. The van der Waals surface area contributed by atoms with E-state index in [1.54, 1.807) is 6.20 Å². The fraction of sp³-hybridized carbons (Fsp3) is 0.353. The predicted octanol–water partition coefficient (Wildman–Crippen LogP) is 4.15. The normalized spacial score (nSPS) is 14.7. The van der Waals surface area contributed by atoms with Crippen LogP contribution >= 0.6 is 15.9 Å². The van der Waals surface area contributed by atoms with E-state index < -0.39 is 0 Å². The van der Waals surface area contributed by atoms with Gasteiger partial charge in [-0.3, -0.25) is 4.79 Å². The first-order chi connectivity index (χ1) is 11.1. The number of nitrogens with one attached hydrogen (secondary N) is 2. The Kier molecular flexibility index (Phi) is 4.91. The van der Waals surface area contributed by atoms with Crippen LogP contribution in [0.15, 0.2) is 35.1 Å². The first kappa shape index (κ1) is 15.9. The summed E-state index contributed by atoms with van der Waals surface area (Å²) in [6.07, 6.45) is 8.01. The maximum Gasteiger partial charge on any atom is 0.275 e. The summed E-state index contributed by atoms with van der Waals surface area (Å²) in [6.45, 7) is 1.98. The minimum absolute atomic E-state index is 0.258. The summed E-state index contributed by atoms with van der Waals surface area (Å²) in [6, 6.07) is 6.14. The first-order valence-corrected chi connectivity index (χ1v) is 8.57. The molecule has 0 bridgehead atoms. The molecule has 0 radical (unpaired) electrons. The van der Waals surface area contributed by atoms with E-state index in [1.807, 2.05) is 25.1 Å².